The van der Waals surface area contributed by atoms with E-state index < -0.39 is 0 Å². The number of amides is 1. The molecule has 0 aliphatic heterocycles. The fraction of sp³-hybridized carbons (Fsp3) is 0.130. The van der Waals surface area contributed by atoms with Gasteiger partial charge in [-0.2, -0.15) is 0 Å². The number of hydrogen-bond acceptors (Lipinski definition) is 5. The Labute approximate surface area is 179 Å². The summed E-state index contributed by atoms with van der Waals surface area (Å²) in [5.41, 5.74) is 3.71. The van der Waals surface area contributed by atoms with Crippen molar-refractivity contribution in [2.75, 3.05) is 5.32 Å². The van der Waals surface area contributed by atoms with E-state index in [-0.39, 0.29) is 11.2 Å². The molecule has 1 amide bonds. The average Bonchev–Trinajstić information content (AvgIpc) is 3.20. The Morgan fingerprint density at radius 3 is 2.47 bits per heavy atom. The first-order valence-electron chi connectivity index (χ1n) is 9.57. The minimum Gasteiger partial charge on any atom is -0.325 e. The zero-order valence-electron chi connectivity index (χ0n) is 16.7. The summed E-state index contributed by atoms with van der Waals surface area (Å²) in [5.74, 6) is 0.595. The summed E-state index contributed by atoms with van der Waals surface area (Å²) in [5, 5.41) is 12.0. The van der Waals surface area contributed by atoms with Crippen LogP contribution >= 0.6 is 11.8 Å². The molecule has 0 aliphatic rings. The van der Waals surface area contributed by atoms with E-state index in [0.717, 1.165) is 22.5 Å². The highest BCUT2D eigenvalue weighted by molar-refractivity contribution is 8.00. The minimum absolute atomic E-state index is 0.0885. The van der Waals surface area contributed by atoms with E-state index in [2.05, 4.69) is 20.5 Å². The van der Waals surface area contributed by atoms with Crippen LogP contribution in [0, 0.1) is 6.92 Å². The van der Waals surface area contributed by atoms with Gasteiger partial charge in [0.25, 0.3) is 0 Å². The molecule has 0 aliphatic carbocycles. The number of hydrogen-bond donors (Lipinski definition) is 1. The summed E-state index contributed by atoms with van der Waals surface area (Å²) in [6.45, 7) is 3.88. The van der Waals surface area contributed by atoms with Gasteiger partial charge in [-0.3, -0.25) is 14.3 Å². The summed E-state index contributed by atoms with van der Waals surface area (Å²) in [6.07, 6.45) is 3.48. The second-order valence-electron chi connectivity index (χ2n) is 6.83. The molecule has 0 unspecified atom stereocenters. The molecule has 0 saturated heterocycles. The van der Waals surface area contributed by atoms with Gasteiger partial charge in [-0.1, -0.05) is 47.7 Å². The van der Waals surface area contributed by atoms with Crippen molar-refractivity contribution >= 4 is 23.4 Å². The van der Waals surface area contributed by atoms with Crippen LogP contribution in [0.5, 0.6) is 0 Å². The van der Waals surface area contributed by atoms with E-state index in [4.69, 9.17) is 0 Å². The van der Waals surface area contributed by atoms with Crippen molar-refractivity contribution in [3.63, 3.8) is 0 Å². The minimum atomic E-state index is -0.361. The van der Waals surface area contributed by atoms with Crippen LogP contribution in [0.15, 0.2) is 84.3 Å². The Bertz CT molecular complexity index is 1130. The molecule has 1 atom stereocenters. The van der Waals surface area contributed by atoms with Crippen LogP contribution in [0.2, 0.25) is 0 Å². The number of carbonyl (C=O) groups is 1. The van der Waals surface area contributed by atoms with E-state index in [1.54, 1.807) is 12.4 Å². The van der Waals surface area contributed by atoms with Crippen LogP contribution in [-0.2, 0) is 4.79 Å². The summed E-state index contributed by atoms with van der Waals surface area (Å²) in [4.78, 5) is 16.9. The third kappa shape index (κ3) is 4.41. The number of pyridine rings is 1. The highest BCUT2D eigenvalue weighted by Gasteiger charge is 2.22. The second kappa shape index (κ2) is 8.92. The van der Waals surface area contributed by atoms with E-state index in [0.29, 0.717) is 11.0 Å². The largest absolute Gasteiger partial charge is 0.325 e. The second-order valence-corrected chi connectivity index (χ2v) is 8.14. The molecule has 0 bridgehead atoms. The van der Waals surface area contributed by atoms with Gasteiger partial charge in [0.05, 0.1) is 5.25 Å². The molecule has 6 nitrogen and oxygen atoms in total. The first kappa shape index (κ1) is 19.8. The fourth-order valence-electron chi connectivity index (χ4n) is 2.93. The first-order chi connectivity index (χ1) is 14.6. The lowest BCUT2D eigenvalue weighted by atomic mass is 10.2. The molecular weight excluding hydrogens is 394 g/mol. The maximum Gasteiger partial charge on any atom is 0.237 e. The Balaban J connectivity index is 1.61. The fourth-order valence-corrected chi connectivity index (χ4v) is 3.80. The first-order valence-corrected chi connectivity index (χ1v) is 10.5. The van der Waals surface area contributed by atoms with Crippen molar-refractivity contribution in [1.82, 2.24) is 19.7 Å². The van der Waals surface area contributed by atoms with Crippen molar-refractivity contribution in [1.29, 1.82) is 0 Å². The van der Waals surface area contributed by atoms with Gasteiger partial charge < -0.3 is 5.32 Å². The standard InChI is InChI=1S/C23H21N5OS/c1-16-10-12-19(13-11-16)25-22(29)17(2)30-23-27-26-21(18-7-6-14-24-15-18)28(23)20-8-4-3-5-9-20/h3-15,17H,1-2H3,(H,25,29)/t17-/m1/s1. The van der Waals surface area contributed by atoms with Gasteiger partial charge in [-0.15, -0.1) is 10.2 Å². The number of nitrogens with one attached hydrogen (secondary N) is 1. The van der Waals surface area contributed by atoms with Gasteiger partial charge >= 0.3 is 0 Å². The van der Waals surface area contributed by atoms with E-state index >= 15 is 0 Å². The maximum atomic E-state index is 12.7. The van der Waals surface area contributed by atoms with Gasteiger partial charge in [0.2, 0.25) is 5.91 Å². The van der Waals surface area contributed by atoms with Gasteiger partial charge in [0.1, 0.15) is 0 Å². The Morgan fingerprint density at radius 2 is 1.77 bits per heavy atom. The number of benzene rings is 2. The van der Waals surface area contributed by atoms with Crippen molar-refractivity contribution in [3.05, 3.63) is 84.7 Å². The van der Waals surface area contributed by atoms with Gasteiger partial charge in [-0.05, 0) is 50.2 Å². The molecule has 0 saturated carbocycles. The highest BCUT2D eigenvalue weighted by atomic mass is 32.2. The lowest BCUT2D eigenvalue weighted by Gasteiger charge is -2.14. The summed E-state index contributed by atoms with van der Waals surface area (Å²) < 4.78 is 1.96. The molecule has 2 aromatic heterocycles. The summed E-state index contributed by atoms with van der Waals surface area (Å²) in [6, 6.07) is 21.4. The van der Waals surface area contributed by atoms with Gasteiger partial charge in [-0.25, -0.2) is 0 Å². The van der Waals surface area contributed by atoms with Gasteiger partial charge in [0, 0.05) is 29.3 Å². The molecule has 0 fully saturated rings. The molecule has 4 aromatic rings. The SMILES string of the molecule is Cc1ccc(NC(=O)[C@@H](C)Sc2nnc(-c3cccnc3)n2-c2ccccc2)cc1. The van der Waals surface area contributed by atoms with Crippen molar-refractivity contribution in [2.45, 2.75) is 24.3 Å². The molecule has 4 rings (SSSR count). The van der Waals surface area contributed by atoms with Crippen LogP contribution < -0.4 is 5.32 Å². The van der Waals surface area contributed by atoms with Crippen LogP contribution in [-0.4, -0.2) is 30.9 Å². The topological polar surface area (TPSA) is 72.7 Å². The zero-order valence-corrected chi connectivity index (χ0v) is 17.5. The van der Waals surface area contributed by atoms with E-state index in [1.165, 1.54) is 11.8 Å². The highest BCUT2D eigenvalue weighted by Crippen LogP contribution is 2.30. The number of carbonyl (C=O) groups excluding carboxylic acids is 1. The number of anilines is 1. The summed E-state index contributed by atoms with van der Waals surface area (Å²) >= 11 is 1.37. The van der Waals surface area contributed by atoms with Crippen LogP contribution in [0.1, 0.15) is 12.5 Å². The zero-order chi connectivity index (χ0) is 20.9. The predicted molar refractivity (Wildman–Crippen MR) is 120 cm³/mol. The lowest BCUT2D eigenvalue weighted by molar-refractivity contribution is -0.115. The molecule has 30 heavy (non-hydrogen) atoms. The molecule has 0 spiro atoms. The van der Waals surface area contributed by atoms with Crippen LogP contribution in [0.25, 0.3) is 17.1 Å². The van der Waals surface area contributed by atoms with E-state index in [1.807, 2.05) is 85.1 Å². The molecule has 150 valence electrons. The Hall–Kier alpha value is -3.45. The average molecular weight is 416 g/mol. The number of thioether (sulfide) groups is 1. The number of aromatic nitrogens is 4. The number of para-hydroxylation sites is 1. The third-order valence-corrected chi connectivity index (χ3v) is 5.58. The molecule has 2 aromatic carbocycles. The normalized spacial score (nSPS) is 11.8. The monoisotopic (exact) mass is 415 g/mol. The summed E-state index contributed by atoms with van der Waals surface area (Å²) in [7, 11) is 0. The van der Waals surface area contributed by atoms with Crippen molar-refractivity contribution in [3.8, 4) is 17.1 Å². The molecule has 7 heteroatoms. The van der Waals surface area contributed by atoms with Gasteiger partial charge in [0.15, 0.2) is 11.0 Å². The Morgan fingerprint density at radius 1 is 1.00 bits per heavy atom. The quantitative estimate of drug-likeness (QED) is 0.460. The molecular formula is C23H21N5OS. The number of aryl methyl sites for hydroxylation is 1. The van der Waals surface area contributed by atoms with Crippen LogP contribution in [0.3, 0.4) is 0 Å². The van der Waals surface area contributed by atoms with Crippen molar-refractivity contribution < 1.29 is 4.79 Å². The van der Waals surface area contributed by atoms with E-state index in [9.17, 15) is 4.79 Å². The lowest BCUT2D eigenvalue weighted by Crippen LogP contribution is -2.22. The third-order valence-electron chi connectivity index (χ3n) is 4.54. The Kier molecular flexibility index (Phi) is 5.90. The number of nitrogens with zero attached hydrogens (tertiary/aromatic N) is 4. The predicted octanol–water partition coefficient (Wildman–Crippen LogP) is 4.76. The van der Waals surface area contributed by atoms with Crippen LogP contribution in [0.4, 0.5) is 5.69 Å². The smallest absolute Gasteiger partial charge is 0.237 e. The number of rotatable bonds is 6. The van der Waals surface area contributed by atoms with Crippen molar-refractivity contribution in [2.24, 2.45) is 0 Å². The maximum absolute atomic E-state index is 12.7. The molecule has 2 heterocycles. The molecule has 0 radical (unpaired) electrons. The molecule has 1 N–H and O–H groups in total.